The fourth-order valence-corrected chi connectivity index (χ4v) is 2.55. The van der Waals surface area contributed by atoms with Crippen LogP contribution in [0.1, 0.15) is 22.8 Å². The van der Waals surface area contributed by atoms with Crippen LogP contribution in [0.5, 0.6) is 0 Å². The second-order valence-corrected chi connectivity index (χ2v) is 5.93. The van der Waals surface area contributed by atoms with Crippen molar-refractivity contribution in [2.45, 2.75) is 19.4 Å². The van der Waals surface area contributed by atoms with Gasteiger partial charge in [-0.15, -0.1) is 0 Å². The molecule has 4 N–H and O–H groups in total. The average Bonchev–Trinajstić information content (AvgIpc) is 2.54. The van der Waals surface area contributed by atoms with Gasteiger partial charge >= 0.3 is 0 Å². The molecule has 3 amide bonds. The third-order valence-electron chi connectivity index (χ3n) is 3.46. The Morgan fingerprint density at radius 3 is 2.48 bits per heavy atom. The topological polar surface area (TPSA) is 101 Å². The number of anilines is 1. The molecule has 0 saturated carbocycles. The number of primary amides is 1. The molecule has 0 aliphatic rings. The van der Waals surface area contributed by atoms with Gasteiger partial charge in [-0.05, 0) is 29.8 Å². The zero-order valence-corrected chi connectivity index (χ0v) is 14.3. The molecule has 0 aliphatic carbocycles. The molecule has 0 unspecified atom stereocenters. The number of rotatable bonds is 6. The molecular formula is C18H18ClN3O3. The first-order chi connectivity index (χ1) is 11.9. The molecule has 0 radical (unpaired) electrons. The molecule has 0 heterocycles. The fourth-order valence-electron chi connectivity index (χ4n) is 2.34. The number of amides is 3. The lowest BCUT2D eigenvalue weighted by molar-refractivity contribution is -0.119. The van der Waals surface area contributed by atoms with E-state index >= 15 is 0 Å². The number of carbonyl (C=O) groups excluding carboxylic acids is 3. The maximum atomic E-state index is 12.5. The first kappa shape index (κ1) is 18.5. The van der Waals surface area contributed by atoms with Gasteiger partial charge in [-0.2, -0.15) is 0 Å². The Hall–Kier alpha value is -2.86. The lowest BCUT2D eigenvalue weighted by Crippen LogP contribution is -2.46. The highest BCUT2D eigenvalue weighted by molar-refractivity contribution is 6.30. The zero-order valence-electron chi connectivity index (χ0n) is 13.6. The highest BCUT2D eigenvalue weighted by Crippen LogP contribution is 2.16. The maximum absolute atomic E-state index is 12.5. The fraction of sp³-hybridized carbons (Fsp3) is 0.167. The van der Waals surface area contributed by atoms with Crippen LogP contribution in [0, 0.1) is 0 Å². The Morgan fingerprint density at radius 2 is 1.84 bits per heavy atom. The smallest absolute Gasteiger partial charge is 0.254 e. The van der Waals surface area contributed by atoms with Crippen molar-refractivity contribution in [2.24, 2.45) is 5.73 Å². The van der Waals surface area contributed by atoms with E-state index in [1.165, 1.54) is 6.92 Å². The van der Waals surface area contributed by atoms with Crippen molar-refractivity contribution in [3.05, 3.63) is 64.7 Å². The summed E-state index contributed by atoms with van der Waals surface area (Å²) in [6, 6.07) is 12.6. The summed E-state index contributed by atoms with van der Waals surface area (Å²) < 4.78 is 0. The molecule has 1 atom stereocenters. The van der Waals surface area contributed by atoms with Gasteiger partial charge in [-0.1, -0.05) is 35.9 Å². The lowest BCUT2D eigenvalue weighted by Gasteiger charge is -2.17. The van der Waals surface area contributed by atoms with E-state index < -0.39 is 17.9 Å². The molecule has 130 valence electrons. The van der Waals surface area contributed by atoms with Gasteiger partial charge in [0.05, 0.1) is 11.3 Å². The van der Waals surface area contributed by atoms with E-state index in [4.69, 9.17) is 17.3 Å². The van der Waals surface area contributed by atoms with Gasteiger partial charge in [0, 0.05) is 18.4 Å². The first-order valence-corrected chi connectivity index (χ1v) is 7.96. The molecule has 2 aromatic rings. The van der Waals surface area contributed by atoms with Crippen LogP contribution in [0.3, 0.4) is 0 Å². The van der Waals surface area contributed by atoms with Gasteiger partial charge in [0.15, 0.2) is 0 Å². The van der Waals surface area contributed by atoms with Crippen LogP contribution < -0.4 is 16.4 Å². The van der Waals surface area contributed by atoms with Crippen LogP contribution in [0.15, 0.2) is 48.5 Å². The Labute approximate surface area is 150 Å². The minimum Gasteiger partial charge on any atom is -0.368 e. The van der Waals surface area contributed by atoms with Crippen LogP contribution >= 0.6 is 11.6 Å². The van der Waals surface area contributed by atoms with Gasteiger partial charge < -0.3 is 16.4 Å². The molecule has 0 bridgehead atoms. The third-order valence-corrected chi connectivity index (χ3v) is 3.70. The van der Waals surface area contributed by atoms with Crippen molar-refractivity contribution in [2.75, 3.05) is 5.32 Å². The van der Waals surface area contributed by atoms with Gasteiger partial charge in [0.1, 0.15) is 6.04 Å². The molecule has 7 heteroatoms. The number of hydrogen-bond donors (Lipinski definition) is 3. The van der Waals surface area contributed by atoms with Crippen LogP contribution in [0.25, 0.3) is 0 Å². The summed E-state index contributed by atoms with van der Waals surface area (Å²) in [6.07, 6.45) is 0.212. The standard InChI is InChI=1S/C18H18ClN3O3/c1-11(23)21-15-8-3-2-7-14(15)18(25)22-16(17(20)24)10-12-5-4-6-13(19)9-12/h2-9,16H,10H2,1H3,(H2,20,24)(H,21,23)(H,22,25)/t16-/m1/s1. The van der Waals surface area contributed by atoms with Crippen molar-refractivity contribution in [1.82, 2.24) is 5.32 Å². The minimum atomic E-state index is -0.906. The molecule has 25 heavy (non-hydrogen) atoms. The van der Waals surface area contributed by atoms with E-state index in [9.17, 15) is 14.4 Å². The second-order valence-electron chi connectivity index (χ2n) is 5.49. The Balaban J connectivity index is 2.18. The largest absolute Gasteiger partial charge is 0.368 e. The monoisotopic (exact) mass is 359 g/mol. The number of nitrogens with one attached hydrogen (secondary N) is 2. The van der Waals surface area contributed by atoms with Crippen molar-refractivity contribution < 1.29 is 14.4 Å². The first-order valence-electron chi connectivity index (χ1n) is 7.58. The predicted octanol–water partition coefficient (Wildman–Crippen LogP) is 2.12. The highest BCUT2D eigenvalue weighted by Gasteiger charge is 2.21. The molecule has 0 saturated heterocycles. The Morgan fingerprint density at radius 1 is 1.12 bits per heavy atom. The Kier molecular flexibility index (Phi) is 6.14. The normalized spacial score (nSPS) is 11.4. The quantitative estimate of drug-likeness (QED) is 0.736. The second kappa shape index (κ2) is 8.30. The third kappa shape index (κ3) is 5.32. The van der Waals surface area contributed by atoms with Crippen LogP contribution in [-0.2, 0) is 16.0 Å². The highest BCUT2D eigenvalue weighted by atomic mass is 35.5. The predicted molar refractivity (Wildman–Crippen MR) is 96.4 cm³/mol. The number of benzene rings is 2. The van der Waals surface area contributed by atoms with Crippen LogP contribution in [-0.4, -0.2) is 23.8 Å². The van der Waals surface area contributed by atoms with Gasteiger partial charge in [0.2, 0.25) is 11.8 Å². The molecule has 0 aliphatic heterocycles. The van der Waals surface area contributed by atoms with E-state index in [0.717, 1.165) is 5.56 Å². The molecule has 6 nitrogen and oxygen atoms in total. The Bertz CT molecular complexity index is 808. The van der Waals surface area contributed by atoms with Gasteiger partial charge in [0.25, 0.3) is 5.91 Å². The average molecular weight is 360 g/mol. The van der Waals surface area contributed by atoms with Crippen LogP contribution in [0.2, 0.25) is 5.02 Å². The summed E-state index contributed by atoms with van der Waals surface area (Å²) in [5, 5.41) is 5.72. The summed E-state index contributed by atoms with van der Waals surface area (Å²) in [6.45, 7) is 1.35. The zero-order chi connectivity index (χ0) is 18.4. The lowest BCUT2D eigenvalue weighted by atomic mass is 10.0. The summed E-state index contributed by atoms with van der Waals surface area (Å²) in [4.78, 5) is 35.5. The number of halogens is 1. The summed E-state index contributed by atoms with van der Waals surface area (Å²) >= 11 is 5.93. The SMILES string of the molecule is CC(=O)Nc1ccccc1C(=O)N[C@H](Cc1cccc(Cl)c1)C(N)=O. The van der Waals surface area contributed by atoms with Gasteiger partial charge in [-0.3, -0.25) is 14.4 Å². The molecule has 2 aromatic carbocycles. The number of nitrogens with two attached hydrogens (primary N) is 1. The molecular weight excluding hydrogens is 342 g/mol. The van der Waals surface area contributed by atoms with E-state index in [2.05, 4.69) is 10.6 Å². The summed E-state index contributed by atoms with van der Waals surface area (Å²) in [5.74, 6) is -1.47. The summed E-state index contributed by atoms with van der Waals surface area (Å²) in [7, 11) is 0. The van der Waals surface area contributed by atoms with E-state index in [-0.39, 0.29) is 17.9 Å². The van der Waals surface area contributed by atoms with E-state index in [0.29, 0.717) is 10.7 Å². The van der Waals surface area contributed by atoms with Crippen molar-refractivity contribution in [1.29, 1.82) is 0 Å². The maximum Gasteiger partial charge on any atom is 0.254 e. The number of hydrogen-bond acceptors (Lipinski definition) is 3. The van der Waals surface area contributed by atoms with Crippen LogP contribution in [0.4, 0.5) is 5.69 Å². The van der Waals surface area contributed by atoms with E-state index in [1.54, 1.807) is 48.5 Å². The molecule has 0 fully saturated rings. The molecule has 2 rings (SSSR count). The van der Waals surface area contributed by atoms with Crippen molar-refractivity contribution in [3.8, 4) is 0 Å². The molecule has 0 spiro atoms. The number of carbonyl (C=O) groups is 3. The number of para-hydroxylation sites is 1. The van der Waals surface area contributed by atoms with Crippen molar-refractivity contribution in [3.63, 3.8) is 0 Å². The molecule has 0 aromatic heterocycles. The van der Waals surface area contributed by atoms with Gasteiger partial charge in [-0.25, -0.2) is 0 Å². The minimum absolute atomic E-state index is 0.212. The summed E-state index contributed by atoms with van der Waals surface area (Å²) in [5.41, 5.74) is 6.79. The van der Waals surface area contributed by atoms with E-state index in [1.807, 2.05) is 0 Å². The van der Waals surface area contributed by atoms with Crippen molar-refractivity contribution >= 4 is 35.0 Å².